The molecular formula is C16H17N3O2S. The maximum absolute atomic E-state index is 12.4. The largest absolute Gasteiger partial charge is 0.280 e. The molecule has 0 spiro atoms. The van der Waals surface area contributed by atoms with Crippen LogP contribution in [-0.4, -0.2) is 18.6 Å². The van der Waals surface area contributed by atoms with Crippen molar-refractivity contribution in [2.45, 2.75) is 24.7 Å². The molecule has 0 fully saturated rings. The molecular weight excluding hydrogens is 298 g/mol. The molecule has 3 aromatic rings. The van der Waals surface area contributed by atoms with E-state index in [0.29, 0.717) is 5.69 Å². The Hall–Kier alpha value is -2.34. The van der Waals surface area contributed by atoms with Crippen molar-refractivity contribution in [1.29, 1.82) is 0 Å². The standard InChI is InChI=1S/C16H17N3O2S/c1-2-3-12-4-7-15(8-5-12)22(20,21)19-14-6-9-16-13(10-14)11-17-18-16/h4-11,19H,2-3H2,1H3,(H,17,18). The summed E-state index contributed by atoms with van der Waals surface area (Å²) in [7, 11) is -3.58. The molecule has 114 valence electrons. The molecule has 0 saturated heterocycles. The van der Waals surface area contributed by atoms with Crippen LogP contribution in [0.1, 0.15) is 18.9 Å². The van der Waals surface area contributed by atoms with E-state index in [9.17, 15) is 8.42 Å². The fraction of sp³-hybridized carbons (Fsp3) is 0.188. The first-order chi connectivity index (χ1) is 10.6. The highest BCUT2D eigenvalue weighted by atomic mass is 32.2. The summed E-state index contributed by atoms with van der Waals surface area (Å²) < 4.78 is 27.4. The predicted octanol–water partition coefficient (Wildman–Crippen LogP) is 3.32. The molecule has 2 aromatic carbocycles. The lowest BCUT2D eigenvalue weighted by atomic mass is 10.1. The molecule has 0 aliphatic carbocycles. The van der Waals surface area contributed by atoms with Crippen LogP contribution in [0.3, 0.4) is 0 Å². The van der Waals surface area contributed by atoms with Gasteiger partial charge in [-0.15, -0.1) is 0 Å². The Morgan fingerprint density at radius 1 is 1.14 bits per heavy atom. The van der Waals surface area contributed by atoms with Crippen molar-refractivity contribution in [3.63, 3.8) is 0 Å². The second kappa shape index (κ2) is 5.81. The van der Waals surface area contributed by atoms with Gasteiger partial charge in [-0.25, -0.2) is 8.42 Å². The molecule has 3 rings (SSSR count). The van der Waals surface area contributed by atoms with E-state index in [1.54, 1.807) is 36.5 Å². The highest BCUT2D eigenvalue weighted by molar-refractivity contribution is 7.92. The van der Waals surface area contributed by atoms with Gasteiger partial charge in [0.05, 0.1) is 16.6 Å². The van der Waals surface area contributed by atoms with E-state index < -0.39 is 10.0 Å². The fourth-order valence-corrected chi connectivity index (χ4v) is 3.39. The molecule has 0 unspecified atom stereocenters. The summed E-state index contributed by atoms with van der Waals surface area (Å²) in [6.45, 7) is 2.10. The Bertz CT molecular complexity index is 883. The zero-order chi connectivity index (χ0) is 15.6. The van der Waals surface area contributed by atoms with E-state index in [0.717, 1.165) is 29.3 Å². The first-order valence-electron chi connectivity index (χ1n) is 7.13. The monoisotopic (exact) mass is 315 g/mol. The molecule has 2 N–H and O–H groups in total. The van der Waals surface area contributed by atoms with Gasteiger partial charge in [0.1, 0.15) is 0 Å². The van der Waals surface area contributed by atoms with Crippen molar-refractivity contribution in [3.05, 3.63) is 54.2 Å². The van der Waals surface area contributed by atoms with Crippen molar-refractivity contribution in [1.82, 2.24) is 10.2 Å². The minimum Gasteiger partial charge on any atom is -0.280 e. The number of hydrogen-bond acceptors (Lipinski definition) is 3. The van der Waals surface area contributed by atoms with E-state index in [4.69, 9.17) is 0 Å². The van der Waals surface area contributed by atoms with E-state index in [1.807, 2.05) is 12.1 Å². The van der Waals surface area contributed by atoms with Crippen LogP contribution in [-0.2, 0) is 16.4 Å². The Labute approximate surface area is 129 Å². The second-order valence-corrected chi connectivity index (χ2v) is 6.85. The van der Waals surface area contributed by atoms with Gasteiger partial charge in [-0.1, -0.05) is 25.5 Å². The lowest BCUT2D eigenvalue weighted by Crippen LogP contribution is -2.12. The topological polar surface area (TPSA) is 74.8 Å². The highest BCUT2D eigenvalue weighted by Crippen LogP contribution is 2.20. The molecule has 0 saturated carbocycles. The van der Waals surface area contributed by atoms with E-state index >= 15 is 0 Å². The summed E-state index contributed by atoms with van der Waals surface area (Å²) in [5.41, 5.74) is 2.53. The molecule has 0 atom stereocenters. The molecule has 0 bridgehead atoms. The van der Waals surface area contributed by atoms with Crippen LogP contribution in [0, 0.1) is 0 Å². The first-order valence-corrected chi connectivity index (χ1v) is 8.62. The van der Waals surface area contributed by atoms with Gasteiger partial charge in [-0.3, -0.25) is 9.82 Å². The third-order valence-electron chi connectivity index (χ3n) is 3.46. The number of fused-ring (bicyclic) bond motifs is 1. The highest BCUT2D eigenvalue weighted by Gasteiger charge is 2.14. The van der Waals surface area contributed by atoms with Gasteiger partial charge in [0.25, 0.3) is 10.0 Å². The van der Waals surface area contributed by atoms with E-state index in [2.05, 4.69) is 21.8 Å². The first kappa shape index (κ1) is 14.6. The van der Waals surface area contributed by atoms with Crippen LogP contribution in [0.15, 0.2) is 53.6 Å². The predicted molar refractivity (Wildman–Crippen MR) is 87.3 cm³/mol. The van der Waals surface area contributed by atoms with Crippen LogP contribution < -0.4 is 4.72 Å². The van der Waals surface area contributed by atoms with Gasteiger partial charge in [-0.2, -0.15) is 5.10 Å². The number of nitrogens with one attached hydrogen (secondary N) is 2. The van der Waals surface area contributed by atoms with Crippen LogP contribution in [0.2, 0.25) is 0 Å². The van der Waals surface area contributed by atoms with E-state index in [1.165, 1.54) is 0 Å². The van der Waals surface area contributed by atoms with Crippen LogP contribution >= 0.6 is 0 Å². The minimum absolute atomic E-state index is 0.264. The quantitative estimate of drug-likeness (QED) is 0.758. The second-order valence-electron chi connectivity index (χ2n) is 5.17. The van der Waals surface area contributed by atoms with Crippen molar-refractivity contribution < 1.29 is 8.42 Å². The molecule has 0 amide bonds. The summed E-state index contributed by atoms with van der Waals surface area (Å²) in [5, 5.41) is 7.61. The van der Waals surface area contributed by atoms with Crippen molar-refractivity contribution in [2.75, 3.05) is 4.72 Å². The number of hydrogen-bond donors (Lipinski definition) is 2. The minimum atomic E-state index is -3.58. The summed E-state index contributed by atoms with van der Waals surface area (Å²) in [6, 6.07) is 12.3. The Morgan fingerprint density at radius 2 is 1.91 bits per heavy atom. The number of nitrogens with zero attached hydrogens (tertiary/aromatic N) is 1. The normalized spacial score (nSPS) is 11.7. The maximum atomic E-state index is 12.4. The lowest BCUT2D eigenvalue weighted by Gasteiger charge is -2.09. The van der Waals surface area contributed by atoms with Gasteiger partial charge in [-0.05, 0) is 42.3 Å². The van der Waals surface area contributed by atoms with Gasteiger partial charge in [0.2, 0.25) is 0 Å². The van der Waals surface area contributed by atoms with Gasteiger partial charge in [0, 0.05) is 11.1 Å². The lowest BCUT2D eigenvalue weighted by molar-refractivity contribution is 0.601. The van der Waals surface area contributed by atoms with Crippen molar-refractivity contribution in [2.24, 2.45) is 0 Å². The SMILES string of the molecule is CCCc1ccc(S(=O)(=O)Nc2ccc3[nH]ncc3c2)cc1. The van der Waals surface area contributed by atoms with Gasteiger partial charge >= 0.3 is 0 Å². The van der Waals surface area contributed by atoms with Crippen LogP contribution in [0.5, 0.6) is 0 Å². The molecule has 1 aromatic heterocycles. The number of sulfonamides is 1. The molecule has 0 radical (unpaired) electrons. The van der Waals surface area contributed by atoms with Crippen molar-refractivity contribution in [3.8, 4) is 0 Å². The summed E-state index contributed by atoms with van der Waals surface area (Å²) in [6.07, 6.45) is 3.65. The summed E-state index contributed by atoms with van der Waals surface area (Å²) in [4.78, 5) is 0.264. The van der Waals surface area contributed by atoms with Crippen molar-refractivity contribution >= 4 is 26.6 Å². The number of rotatable bonds is 5. The molecule has 0 aliphatic rings. The Morgan fingerprint density at radius 3 is 2.64 bits per heavy atom. The van der Waals surface area contributed by atoms with Crippen LogP contribution in [0.4, 0.5) is 5.69 Å². The Balaban J connectivity index is 1.85. The Kier molecular flexibility index (Phi) is 3.85. The van der Waals surface area contributed by atoms with E-state index in [-0.39, 0.29) is 4.90 Å². The number of aryl methyl sites for hydroxylation is 1. The smallest absolute Gasteiger partial charge is 0.261 e. The van der Waals surface area contributed by atoms with Gasteiger partial charge in [0.15, 0.2) is 0 Å². The number of benzene rings is 2. The number of aromatic amines is 1. The number of H-pyrrole nitrogens is 1. The molecule has 22 heavy (non-hydrogen) atoms. The zero-order valence-corrected chi connectivity index (χ0v) is 13.0. The molecule has 0 aliphatic heterocycles. The summed E-state index contributed by atoms with van der Waals surface area (Å²) >= 11 is 0. The average Bonchev–Trinajstić information content (AvgIpc) is 2.95. The molecule has 5 nitrogen and oxygen atoms in total. The third-order valence-corrected chi connectivity index (χ3v) is 4.86. The molecule has 1 heterocycles. The fourth-order valence-electron chi connectivity index (χ4n) is 2.34. The molecule has 6 heteroatoms. The maximum Gasteiger partial charge on any atom is 0.261 e. The number of aromatic nitrogens is 2. The summed E-state index contributed by atoms with van der Waals surface area (Å²) in [5.74, 6) is 0. The third kappa shape index (κ3) is 2.96. The zero-order valence-electron chi connectivity index (χ0n) is 12.2. The van der Waals surface area contributed by atoms with Gasteiger partial charge < -0.3 is 0 Å². The average molecular weight is 315 g/mol. The number of anilines is 1. The van der Waals surface area contributed by atoms with Crippen LogP contribution in [0.25, 0.3) is 10.9 Å².